The quantitative estimate of drug-likeness (QED) is 0.166. The lowest BCUT2D eigenvalue weighted by molar-refractivity contribution is 0.661. The van der Waals surface area contributed by atoms with Crippen LogP contribution in [-0.4, -0.2) is 0 Å². The fourth-order valence-corrected chi connectivity index (χ4v) is 9.82. The van der Waals surface area contributed by atoms with Crippen molar-refractivity contribution in [3.63, 3.8) is 0 Å². The molecule has 0 fully saturated rings. The molecule has 1 aliphatic carbocycles. The predicted molar refractivity (Wildman–Crippen MR) is 238 cm³/mol. The second-order valence-electron chi connectivity index (χ2n) is 16.1. The minimum absolute atomic E-state index is 0.106. The van der Waals surface area contributed by atoms with Crippen LogP contribution in [-0.2, 0) is 5.41 Å². The van der Waals surface area contributed by atoms with Crippen LogP contribution in [0.3, 0.4) is 0 Å². The number of benzene rings is 10. The number of rotatable bonds is 3. The van der Waals surface area contributed by atoms with Gasteiger partial charge in [0.2, 0.25) is 0 Å². The molecular weight excluding hydrogens is 677 g/mol. The Bertz CT molecular complexity index is 3370. The molecular formula is C55H36O. The van der Waals surface area contributed by atoms with E-state index >= 15 is 0 Å². The van der Waals surface area contributed by atoms with Gasteiger partial charge in [-0.1, -0.05) is 153 Å². The summed E-state index contributed by atoms with van der Waals surface area (Å²) in [7, 11) is 0. The molecule has 1 heteroatoms. The van der Waals surface area contributed by atoms with Crippen LogP contribution in [0, 0.1) is 0 Å². The summed E-state index contributed by atoms with van der Waals surface area (Å²) in [6.45, 7) is 4.72. The highest BCUT2D eigenvalue weighted by Crippen LogP contribution is 2.52. The van der Waals surface area contributed by atoms with Gasteiger partial charge in [-0.15, -0.1) is 0 Å². The van der Waals surface area contributed by atoms with Gasteiger partial charge in [0.05, 0.1) is 0 Å². The number of furan rings is 1. The summed E-state index contributed by atoms with van der Waals surface area (Å²) in [5.41, 5.74) is 14.7. The zero-order valence-corrected chi connectivity index (χ0v) is 31.2. The molecule has 0 bridgehead atoms. The highest BCUT2D eigenvalue weighted by atomic mass is 16.3. The standard InChI is InChI=1S/C55H36O/c1-55(2)49-26-25-37(28-46(49)47-29-39-30-48-41-13-9-10-18-51(41)56-52(48)32-40(39)31-50(47)55)34-19-22-35(23-20-34)53-42-14-5-7-16-44(42)54(45-17-8-6-15-43(45)53)38-24-21-33-11-3-4-12-36(33)27-38/h3-32H,1-2H3. The fraction of sp³-hybridized carbons (Fsp3) is 0.0545. The molecule has 0 radical (unpaired) electrons. The number of fused-ring (bicyclic) bond motifs is 10. The van der Waals surface area contributed by atoms with E-state index in [0.717, 1.165) is 11.2 Å². The lowest BCUT2D eigenvalue weighted by atomic mass is 9.81. The van der Waals surface area contributed by atoms with Crippen molar-refractivity contribution in [3.8, 4) is 44.5 Å². The molecule has 0 unspecified atom stereocenters. The number of para-hydroxylation sites is 1. The molecule has 262 valence electrons. The average Bonchev–Trinajstić information content (AvgIpc) is 3.71. The van der Waals surface area contributed by atoms with Crippen molar-refractivity contribution in [2.75, 3.05) is 0 Å². The Morgan fingerprint density at radius 3 is 1.61 bits per heavy atom. The van der Waals surface area contributed by atoms with Crippen LogP contribution in [0.4, 0.5) is 0 Å². The van der Waals surface area contributed by atoms with E-state index in [4.69, 9.17) is 4.42 Å². The average molecular weight is 713 g/mol. The van der Waals surface area contributed by atoms with E-state index < -0.39 is 0 Å². The van der Waals surface area contributed by atoms with Crippen LogP contribution >= 0.6 is 0 Å². The van der Waals surface area contributed by atoms with Crippen molar-refractivity contribution in [1.82, 2.24) is 0 Å². The van der Waals surface area contributed by atoms with Crippen molar-refractivity contribution >= 4 is 65.0 Å². The summed E-state index contributed by atoms with van der Waals surface area (Å²) in [6.07, 6.45) is 0. The minimum atomic E-state index is -0.106. The first-order chi connectivity index (χ1) is 27.5. The lowest BCUT2D eigenvalue weighted by Gasteiger charge is -2.22. The Kier molecular flexibility index (Phi) is 6.46. The molecule has 0 saturated carbocycles. The van der Waals surface area contributed by atoms with E-state index in [2.05, 4.69) is 190 Å². The molecule has 1 aliphatic rings. The molecule has 10 aromatic carbocycles. The predicted octanol–water partition coefficient (Wildman–Crippen LogP) is 15.5. The second-order valence-corrected chi connectivity index (χ2v) is 16.1. The number of hydrogen-bond donors (Lipinski definition) is 0. The molecule has 0 aliphatic heterocycles. The molecule has 1 heterocycles. The van der Waals surface area contributed by atoms with E-state index in [9.17, 15) is 0 Å². The molecule has 1 aromatic heterocycles. The van der Waals surface area contributed by atoms with Gasteiger partial charge in [-0.25, -0.2) is 0 Å². The molecule has 0 saturated heterocycles. The number of hydrogen-bond acceptors (Lipinski definition) is 1. The van der Waals surface area contributed by atoms with Gasteiger partial charge in [-0.2, -0.15) is 0 Å². The first kappa shape index (κ1) is 31.4. The van der Waals surface area contributed by atoms with Crippen LogP contribution < -0.4 is 0 Å². The van der Waals surface area contributed by atoms with Crippen molar-refractivity contribution in [1.29, 1.82) is 0 Å². The molecule has 1 nitrogen and oxygen atoms in total. The summed E-state index contributed by atoms with van der Waals surface area (Å²) >= 11 is 0. The van der Waals surface area contributed by atoms with Crippen molar-refractivity contribution < 1.29 is 4.42 Å². The van der Waals surface area contributed by atoms with Gasteiger partial charge in [0.25, 0.3) is 0 Å². The third kappa shape index (κ3) is 4.49. The topological polar surface area (TPSA) is 13.1 Å². The molecule has 12 rings (SSSR count). The smallest absolute Gasteiger partial charge is 0.136 e. The Morgan fingerprint density at radius 1 is 0.321 bits per heavy atom. The third-order valence-electron chi connectivity index (χ3n) is 12.6. The first-order valence-corrected chi connectivity index (χ1v) is 19.6. The van der Waals surface area contributed by atoms with Crippen LogP contribution in [0.5, 0.6) is 0 Å². The highest BCUT2D eigenvalue weighted by molar-refractivity contribution is 6.22. The van der Waals surface area contributed by atoms with Gasteiger partial charge in [-0.05, 0) is 141 Å². The monoisotopic (exact) mass is 712 g/mol. The summed E-state index contributed by atoms with van der Waals surface area (Å²) in [4.78, 5) is 0. The maximum Gasteiger partial charge on any atom is 0.136 e. The Morgan fingerprint density at radius 2 is 0.875 bits per heavy atom. The van der Waals surface area contributed by atoms with Gasteiger partial charge in [0.1, 0.15) is 11.2 Å². The van der Waals surface area contributed by atoms with E-state index in [1.807, 2.05) is 6.07 Å². The molecule has 0 amide bonds. The van der Waals surface area contributed by atoms with Gasteiger partial charge in [-0.3, -0.25) is 0 Å². The van der Waals surface area contributed by atoms with E-state index in [0.29, 0.717) is 0 Å². The van der Waals surface area contributed by atoms with Crippen LogP contribution in [0.2, 0.25) is 0 Å². The van der Waals surface area contributed by atoms with Gasteiger partial charge in [0, 0.05) is 16.2 Å². The second kappa shape index (κ2) is 11.5. The van der Waals surface area contributed by atoms with E-state index in [1.54, 1.807) is 0 Å². The fourth-order valence-electron chi connectivity index (χ4n) is 9.82. The molecule has 11 aromatic rings. The van der Waals surface area contributed by atoms with Gasteiger partial charge < -0.3 is 4.42 Å². The van der Waals surface area contributed by atoms with Crippen molar-refractivity contribution in [2.45, 2.75) is 19.3 Å². The van der Waals surface area contributed by atoms with E-state index in [-0.39, 0.29) is 5.41 Å². The summed E-state index contributed by atoms with van der Waals surface area (Å²) in [6, 6.07) is 67.4. The van der Waals surface area contributed by atoms with Crippen LogP contribution in [0.1, 0.15) is 25.0 Å². The van der Waals surface area contributed by atoms with Crippen molar-refractivity contribution in [2.24, 2.45) is 0 Å². The van der Waals surface area contributed by atoms with Crippen LogP contribution in [0.25, 0.3) is 110 Å². The third-order valence-corrected chi connectivity index (χ3v) is 12.6. The molecule has 0 spiro atoms. The molecule has 0 N–H and O–H groups in total. The maximum absolute atomic E-state index is 6.27. The zero-order chi connectivity index (χ0) is 37.1. The van der Waals surface area contributed by atoms with Gasteiger partial charge >= 0.3 is 0 Å². The Balaban J connectivity index is 0.977. The Hall–Kier alpha value is -6.96. The molecule has 0 atom stereocenters. The minimum Gasteiger partial charge on any atom is -0.456 e. The van der Waals surface area contributed by atoms with E-state index in [1.165, 1.54) is 109 Å². The normalized spacial score (nSPS) is 13.3. The zero-order valence-electron chi connectivity index (χ0n) is 31.2. The molecule has 56 heavy (non-hydrogen) atoms. The van der Waals surface area contributed by atoms with Crippen LogP contribution in [0.15, 0.2) is 186 Å². The summed E-state index contributed by atoms with van der Waals surface area (Å²) < 4.78 is 6.27. The summed E-state index contributed by atoms with van der Waals surface area (Å²) in [5, 5.41) is 12.4. The SMILES string of the molecule is CC1(C)c2ccc(-c3ccc(-c4c5ccccc5c(-c5ccc6ccccc6c5)c5ccccc45)cc3)cc2-c2cc3cc4c(cc3cc21)oc1ccccc14. The highest BCUT2D eigenvalue weighted by Gasteiger charge is 2.36. The first-order valence-electron chi connectivity index (χ1n) is 19.6. The van der Waals surface area contributed by atoms with Crippen molar-refractivity contribution in [3.05, 3.63) is 193 Å². The maximum atomic E-state index is 6.27. The van der Waals surface area contributed by atoms with Gasteiger partial charge in [0.15, 0.2) is 0 Å². The summed E-state index contributed by atoms with van der Waals surface area (Å²) in [5.74, 6) is 0. The lowest BCUT2D eigenvalue weighted by Crippen LogP contribution is -2.14. The Labute approximate surface area is 325 Å². The largest absolute Gasteiger partial charge is 0.456 e.